The molecule has 0 saturated carbocycles. The Bertz CT molecular complexity index is 156. The van der Waals surface area contributed by atoms with Crippen LogP contribution in [0.4, 0.5) is 13.2 Å². The highest BCUT2D eigenvalue weighted by Crippen LogP contribution is 2.29. The maximum Gasteiger partial charge on any atom is 0.403 e. The van der Waals surface area contributed by atoms with Crippen LogP contribution in [0, 0.1) is 5.92 Å². The Balaban J connectivity index is 2.42. The first kappa shape index (κ1) is 10.8. The second-order valence-electron chi connectivity index (χ2n) is 3.52. The van der Waals surface area contributed by atoms with Gasteiger partial charge in [0.25, 0.3) is 0 Å². The molecule has 0 aromatic rings. The van der Waals surface area contributed by atoms with Gasteiger partial charge >= 0.3 is 6.18 Å². The molecular formula is C8H15F3N2. The fourth-order valence-electron chi connectivity index (χ4n) is 1.74. The third-order valence-electron chi connectivity index (χ3n) is 2.48. The lowest BCUT2D eigenvalue weighted by Crippen LogP contribution is -2.47. The van der Waals surface area contributed by atoms with Gasteiger partial charge in [-0.2, -0.15) is 13.2 Å². The van der Waals surface area contributed by atoms with E-state index in [2.05, 4.69) is 5.32 Å². The largest absolute Gasteiger partial charge is 0.403 e. The monoisotopic (exact) mass is 196 g/mol. The van der Waals surface area contributed by atoms with Crippen molar-refractivity contribution in [1.29, 1.82) is 0 Å². The number of nitrogens with two attached hydrogens (primary N) is 1. The third-order valence-corrected chi connectivity index (χ3v) is 2.48. The molecule has 1 aliphatic heterocycles. The Kier molecular flexibility index (Phi) is 3.55. The lowest BCUT2D eigenvalue weighted by Gasteiger charge is -2.31. The molecule has 1 rings (SSSR count). The molecule has 2 nitrogen and oxygen atoms in total. The minimum Gasteiger partial charge on any atom is -0.330 e. The van der Waals surface area contributed by atoms with Crippen LogP contribution in [0.15, 0.2) is 0 Å². The number of alkyl halides is 3. The Morgan fingerprint density at radius 3 is 2.62 bits per heavy atom. The van der Waals surface area contributed by atoms with E-state index >= 15 is 0 Å². The van der Waals surface area contributed by atoms with E-state index in [1.165, 1.54) is 0 Å². The normalized spacial score (nSPS) is 30.5. The average molecular weight is 196 g/mol. The van der Waals surface area contributed by atoms with Gasteiger partial charge in [0.2, 0.25) is 0 Å². The number of nitrogens with one attached hydrogen (secondary N) is 1. The van der Waals surface area contributed by atoms with Gasteiger partial charge in [0, 0.05) is 0 Å². The predicted molar refractivity (Wildman–Crippen MR) is 44.2 cm³/mol. The first-order valence-corrected chi connectivity index (χ1v) is 4.54. The number of rotatable bonds is 2. The second kappa shape index (κ2) is 4.28. The molecule has 2 atom stereocenters. The molecule has 0 aliphatic carbocycles. The topological polar surface area (TPSA) is 38.0 Å². The fourth-order valence-corrected chi connectivity index (χ4v) is 1.74. The van der Waals surface area contributed by atoms with Crippen molar-refractivity contribution in [2.45, 2.75) is 31.5 Å². The van der Waals surface area contributed by atoms with Crippen LogP contribution >= 0.6 is 0 Å². The smallest absolute Gasteiger partial charge is 0.330 e. The summed E-state index contributed by atoms with van der Waals surface area (Å²) in [6.07, 6.45) is -2.41. The van der Waals surface area contributed by atoms with Gasteiger partial charge in [-0.15, -0.1) is 0 Å². The fraction of sp³-hybridized carbons (Fsp3) is 1.00. The third kappa shape index (κ3) is 3.15. The summed E-state index contributed by atoms with van der Waals surface area (Å²) in [6.45, 7) is 0.935. The van der Waals surface area contributed by atoms with E-state index in [-0.39, 0.29) is 12.3 Å². The van der Waals surface area contributed by atoms with Crippen molar-refractivity contribution >= 4 is 0 Å². The molecule has 13 heavy (non-hydrogen) atoms. The van der Waals surface area contributed by atoms with Gasteiger partial charge in [0.05, 0.1) is 0 Å². The Morgan fingerprint density at radius 2 is 2.08 bits per heavy atom. The molecule has 5 heteroatoms. The molecule has 1 heterocycles. The van der Waals surface area contributed by atoms with Gasteiger partial charge < -0.3 is 11.1 Å². The summed E-state index contributed by atoms with van der Waals surface area (Å²) in [5, 5.41) is 2.48. The molecule has 1 fully saturated rings. The van der Waals surface area contributed by atoms with Crippen LogP contribution in [0.25, 0.3) is 0 Å². The molecule has 0 amide bonds. The highest BCUT2D eigenvalue weighted by Gasteiger charge is 2.41. The van der Waals surface area contributed by atoms with Gasteiger partial charge in [0.1, 0.15) is 6.04 Å². The van der Waals surface area contributed by atoms with Gasteiger partial charge in [-0.3, -0.25) is 0 Å². The van der Waals surface area contributed by atoms with E-state index in [0.717, 1.165) is 6.42 Å². The van der Waals surface area contributed by atoms with Crippen LogP contribution in [0.2, 0.25) is 0 Å². The zero-order valence-electron chi connectivity index (χ0n) is 7.40. The number of piperidine rings is 1. The molecule has 0 unspecified atom stereocenters. The van der Waals surface area contributed by atoms with Crippen molar-refractivity contribution in [3.63, 3.8) is 0 Å². The SMILES string of the molecule is NCC[C@@H]1CCN[C@H](C(F)(F)F)C1. The summed E-state index contributed by atoms with van der Waals surface area (Å²) in [6, 6.07) is -1.32. The van der Waals surface area contributed by atoms with Crippen LogP contribution in [-0.2, 0) is 0 Å². The Hall–Kier alpha value is -0.290. The second-order valence-corrected chi connectivity index (χ2v) is 3.52. The van der Waals surface area contributed by atoms with E-state index < -0.39 is 12.2 Å². The average Bonchev–Trinajstić information content (AvgIpc) is 2.04. The standard InChI is InChI=1S/C8H15F3N2/c9-8(10,11)7-5-6(1-3-12)2-4-13-7/h6-7,13H,1-5,12H2/t6-,7+/m1/s1. The van der Waals surface area contributed by atoms with Crippen molar-refractivity contribution in [2.75, 3.05) is 13.1 Å². The Labute approximate surface area is 75.7 Å². The van der Waals surface area contributed by atoms with Crippen LogP contribution in [-0.4, -0.2) is 25.3 Å². The molecule has 0 bridgehead atoms. The molecule has 78 valence electrons. The Morgan fingerprint density at radius 1 is 1.38 bits per heavy atom. The summed E-state index contributed by atoms with van der Waals surface area (Å²) < 4.78 is 36.8. The molecule has 0 radical (unpaired) electrons. The van der Waals surface area contributed by atoms with Crippen LogP contribution in [0.3, 0.4) is 0 Å². The predicted octanol–water partition coefficient (Wildman–Crippen LogP) is 1.27. The summed E-state index contributed by atoms with van der Waals surface area (Å²) in [7, 11) is 0. The van der Waals surface area contributed by atoms with E-state index in [9.17, 15) is 13.2 Å². The van der Waals surface area contributed by atoms with Crippen LogP contribution in [0.5, 0.6) is 0 Å². The molecule has 1 aliphatic rings. The van der Waals surface area contributed by atoms with Gasteiger partial charge in [0.15, 0.2) is 0 Å². The van der Waals surface area contributed by atoms with E-state index in [1.54, 1.807) is 0 Å². The minimum absolute atomic E-state index is 0.137. The summed E-state index contributed by atoms with van der Waals surface area (Å²) in [4.78, 5) is 0. The zero-order valence-corrected chi connectivity index (χ0v) is 7.40. The lowest BCUT2D eigenvalue weighted by molar-refractivity contribution is -0.163. The summed E-state index contributed by atoms with van der Waals surface area (Å²) >= 11 is 0. The van der Waals surface area contributed by atoms with Crippen LogP contribution < -0.4 is 11.1 Å². The van der Waals surface area contributed by atoms with Crippen molar-refractivity contribution in [3.05, 3.63) is 0 Å². The van der Waals surface area contributed by atoms with E-state index in [1.807, 2.05) is 0 Å². The first-order valence-electron chi connectivity index (χ1n) is 4.54. The van der Waals surface area contributed by atoms with E-state index in [4.69, 9.17) is 5.73 Å². The molecule has 3 N–H and O–H groups in total. The molecular weight excluding hydrogens is 181 g/mol. The molecule has 0 spiro atoms. The van der Waals surface area contributed by atoms with Crippen molar-refractivity contribution < 1.29 is 13.2 Å². The highest BCUT2D eigenvalue weighted by atomic mass is 19.4. The van der Waals surface area contributed by atoms with Crippen molar-refractivity contribution in [3.8, 4) is 0 Å². The molecule has 1 saturated heterocycles. The number of hydrogen-bond acceptors (Lipinski definition) is 2. The van der Waals surface area contributed by atoms with Gasteiger partial charge in [-0.05, 0) is 38.3 Å². The zero-order chi connectivity index (χ0) is 9.90. The van der Waals surface area contributed by atoms with Crippen molar-refractivity contribution in [1.82, 2.24) is 5.32 Å². The minimum atomic E-state index is -4.10. The summed E-state index contributed by atoms with van der Waals surface area (Å²) in [5.74, 6) is 0.137. The number of halogens is 3. The lowest BCUT2D eigenvalue weighted by atomic mass is 9.89. The van der Waals surface area contributed by atoms with Gasteiger partial charge in [-0.1, -0.05) is 0 Å². The van der Waals surface area contributed by atoms with Gasteiger partial charge in [-0.25, -0.2) is 0 Å². The van der Waals surface area contributed by atoms with Crippen LogP contribution in [0.1, 0.15) is 19.3 Å². The van der Waals surface area contributed by atoms with E-state index in [0.29, 0.717) is 19.5 Å². The quantitative estimate of drug-likeness (QED) is 0.698. The molecule has 0 aromatic heterocycles. The maximum absolute atomic E-state index is 12.3. The van der Waals surface area contributed by atoms with Crippen molar-refractivity contribution in [2.24, 2.45) is 11.7 Å². The first-order chi connectivity index (χ1) is 6.04. The molecule has 0 aromatic carbocycles. The maximum atomic E-state index is 12.3. The highest BCUT2D eigenvalue weighted by molar-refractivity contribution is 4.83. The summed E-state index contributed by atoms with van der Waals surface area (Å²) in [5.41, 5.74) is 5.31. The number of hydrogen-bond donors (Lipinski definition) is 2.